The summed E-state index contributed by atoms with van der Waals surface area (Å²) in [6, 6.07) is 5.27. The summed E-state index contributed by atoms with van der Waals surface area (Å²) >= 11 is 0. The molecule has 1 heterocycles. The molecule has 0 spiro atoms. The summed E-state index contributed by atoms with van der Waals surface area (Å²) in [5, 5.41) is 0. The standard InChI is InChI=1S/C14H15FN2O/c1-9-10(2)17(8-16-9)11(3)14(18)12-4-6-13(15)7-5-12/h4-8,11H,1-3H3. The lowest BCUT2D eigenvalue weighted by Crippen LogP contribution is -2.17. The molecule has 1 unspecified atom stereocenters. The van der Waals surface area contributed by atoms with Crippen molar-refractivity contribution >= 4 is 5.78 Å². The van der Waals surface area contributed by atoms with E-state index in [-0.39, 0.29) is 17.6 Å². The van der Waals surface area contributed by atoms with E-state index in [1.54, 1.807) is 6.33 Å². The minimum absolute atomic E-state index is 0.0458. The van der Waals surface area contributed by atoms with Crippen LogP contribution in [-0.2, 0) is 0 Å². The van der Waals surface area contributed by atoms with Crippen LogP contribution in [0.4, 0.5) is 4.39 Å². The van der Waals surface area contributed by atoms with Crippen LogP contribution in [0.2, 0.25) is 0 Å². The van der Waals surface area contributed by atoms with Gasteiger partial charge in [0.25, 0.3) is 0 Å². The summed E-state index contributed by atoms with van der Waals surface area (Å²) in [6.07, 6.45) is 1.66. The highest BCUT2D eigenvalue weighted by Crippen LogP contribution is 2.18. The zero-order valence-electron chi connectivity index (χ0n) is 10.6. The van der Waals surface area contributed by atoms with Gasteiger partial charge >= 0.3 is 0 Å². The molecule has 1 aromatic heterocycles. The fraction of sp³-hybridized carbons (Fsp3) is 0.286. The van der Waals surface area contributed by atoms with Crippen LogP contribution < -0.4 is 0 Å². The number of carbonyl (C=O) groups is 1. The summed E-state index contributed by atoms with van der Waals surface area (Å²) in [5.41, 5.74) is 2.39. The van der Waals surface area contributed by atoms with Gasteiger partial charge in [0.1, 0.15) is 5.82 Å². The van der Waals surface area contributed by atoms with Crippen molar-refractivity contribution in [2.45, 2.75) is 26.8 Å². The number of hydrogen-bond acceptors (Lipinski definition) is 2. The molecule has 0 aliphatic carbocycles. The average Bonchev–Trinajstić information content (AvgIpc) is 2.69. The van der Waals surface area contributed by atoms with Gasteiger partial charge in [-0.05, 0) is 45.0 Å². The van der Waals surface area contributed by atoms with Gasteiger partial charge in [-0.1, -0.05) is 0 Å². The molecule has 0 radical (unpaired) electrons. The maximum Gasteiger partial charge on any atom is 0.185 e. The molecular formula is C14H15FN2O. The second-order valence-corrected chi connectivity index (χ2v) is 4.37. The van der Waals surface area contributed by atoms with Crippen LogP contribution >= 0.6 is 0 Å². The molecule has 0 aliphatic rings. The molecule has 3 nitrogen and oxygen atoms in total. The van der Waals surface area contributed by atoms with E-state index in [0.29, 0.717) is 5.56 Å². The molecule has 0 saturated carbocycles. The molecule has 1 aromatic carbocycles. The van der Waals surface area contributed by atoms with Gasteiger partial charge in [0, 0.05) is 11.3 Å². The van der Waals surface area contributed by atoms with Crippen molar-refractivity contribution in [3.05, 3.63) is 53.4 Å². The molecule has 0 amide bonds. The van der Waals surface area contributed by atoms with Crippen molar-refractivity contribution < 1.29 is 9.18 Å². The number of aromatic nitrogens is 2. The van der Waals surface area contributed by atoms with Crippen molar-refractivity contribution in [3.63, 3.8) is 0 Å². The molecular weight excluding hydrogens is 231 g/mol. The zero-order valence-corrected chi connectivity index (χ0v) is 10.6. The van der Waals surface area contributed by atoms with Gasteiger partial charge < -0.3 is 4.57 Å². The summed E-state index contributed by atoms with van der Waals surface area (Å²) < 4.78 is 14.6. The van der Waals surface area contributed by atoms with E-state index in [4.69, 9.17) is 0 Å². The molecule has 0 fully saturated rings. The Morgan fingerprint density at radius 3 is 2.39 bits per heavy atom. The van der Waals surface area contributed by atoms with Crippen molar-refractivity contribution in [1.82, 2.24) is 9.55 Å². The Kier molecular flexibility index (Phi) is 3.28. The lowest BCUT2D eigenvalue weighted by atomic mass is 10.1. The van der Waals surface area contributed by atoms with Gasteiger partial charge in [-0.2, -0.15) is 0 Å². The van der Waals surface area contributed by atoms with E-state index < -0.39 is 0 Å². The van der Waals surface area contributed by atoms with Gasteiger partial charge in [-0.15, -0.1) is 0 Å². The van der Waals surface area contributed by atoms with Gasteiger partial charge in [0.15, 0.2) is 5.78 Å². The predicted molar refractivity (Wildman–Crippen MR) is 67.1 cm³/mol. The number of rotatable bonds is 3. The molecule has 0 aliphatic heterocycles. The maximum absolute atomic E-state index is 12.8. The monoisotopic (exact) mass is 246 g/mol. The molecule has 0 bridgehead atoms. The van der Waals surface area contributed by atoms with E-state index in [1.807, 2.05) is 25.3 Å². The first-order valence-corrected chi connectivity index (χ1v) is 5.80. The van der Waals surface area contributed by atoms with Crippen molar-refractivity contribution in [2.24, 2.45) is 0 Å². The zero-order chi connectivity index (χ0) is 13.3. The maximum atomic E-state index is 12.8. The predicted octanol–water partition coefficient (Wildman–Crippen LogP) is 3.08. The first-order valence-electron chi connectivity index (χ1n) is 5.80. The number of Topliss-reactive ketones (excluding diaryl/α,β-unsaturated/α-hetero) is 1. The Morgan fingerprint density at radius 1 is 1.28 bits per heavy atom. The second-order valence-electron chi connectivity index (χ2n) is 4.37. The van der Waals surface area contributed by atoms with E-state index in [9.17, 15) is 9.18 Å². The van der Waals surface area contributed by atoms with Crippen molar-refractivity contribution in [3.8, 4) is 0 Å². The Hall–Kier alpha value is -1.97. The van der Waals surface area contributed by atoms with Crippen LogP contribution in [-0.4, -0.2) is 15.3 Å². The first-order chi connectivity index (χ1) is 8.50. The Balaban J connectivity index is 2.29. The highest BCUT2D eigenvalue weighted by molar-refractivity contribution is 5.98. The van der Waals surface area contributed by atoms with Crippen LogP contribution in [0.15, 0.2) is 30.6 Å². The van der Waals surface area contributed by atoms with Crippen LogP contribution in [0.1, 0.15) is 34.7 Å². The highest BCUT2D eigenvalue weighted by atomic mass is 19.1. The minimum atomic E-state index is -0.339. The van der Waals surface area contributed by atoms with Crippen LogP contribution in [0, 0.1) is 19.7 Å². The summed E-state index contributed by atoms with van der Waals surface area (Å²) in [6.45, 7) is 5.65. The topological polar surface area (TPSA) is 34.9 Å². The number of carbonyl (C=O) groups excluding carboxylic acids is 1. The first kappa shape index (κ1) is 12.5. The summed E-state index contributed by atoms with van der Waals surface area (Å²) in [5.74, 6) is -0.385. The molecule has 1 atom stereocenters. The quantitative estimate of drug-likeness (QED) is 0.780. The third kappa shape index (κ3) is 2.18. The minimum Gasteiger partial charge on any atom is -0.324 e. The number of halogens is 1. The normalized spacial score (nSPS) is 12.4. The van der Waals surface area contributed by atoms with Gasteiger partial charge in [0.05, 0.1) is 18.1 Å². The third-order valence-electron chi connectivity index (χ3n) is 3.21. The molecule has 4 heteroatoms. The number of imidazole rings is 1. The van der Waals surface area contributed by atoms with Crippen molar-refractivity contribution in [1.29, 1.82) is 0 Å². The second kappa shape index (κ2) is 4.72. The van der Waals surface area contributed by atoms with Crippen LogP contribution in [0.3, 0.4) is 0 Å². The van der Waals surface area contributed by atoms with E-state index in [2.05, 4.69) is 4.98 Å². The van der Waals surface area contributed by atoms with E-state index in [1.165, 1.54) is 24.3 Å². The largest absolute Gasteiger partial charge is 0.324 e. The number of nitrogens with zero attached hydrogens (tertiary/aromatic N) is 2. The Morgan fingerprint density at radius 2 is 1.89 bits per heavy atom. The fourth-order valence-corrected chi connectivity index (χ4v) is 1.89. The Bertz CT molecular complexity index is 572. The molecule has 18 heavy (non-hydrogen) atoms. The third-order valence-corrected chi connectivity index (χ3v) is 3.21. The van der Waals surface area contributed by atoms with Gasteiger partial charge in [-0.3, -0.25) is 4.79 Å². The molecule has 94 valence electrons. The number of hydrogen-bond donors (Lipinski definition) is 0. The fourth-order valence-electron chi connectivity index (χ4n) is 1.89. The van der Waals surface area contributed by atoms with Gasteiger partial charge in [-0.25, -0.2) is 9.37 Å². The highest BCUT2D eigenvalue weighted by Gasteiger charge is 2.18. The smallest absolute Gasteiger partial charge is 0.185 e. The molecule has 0 N–H and O–H groups in total. The van der Waals surface area contributed by atoms with E-state index >= 15 is 0 Å². The lowest BCUT2D eigenvalue weighted by Gasteiger charge is -2.14. The van der Waals surface area contributed by atoms with Crippen molar-refractivity contribution in [2.75, 3.05) is 0 Å². The summed E-state index contributed by atoms with van der Waals surface area (Å²) in [7, 11) is 0. The average molecular weight is 246 g/mol. The lowest BCUT2D eigenvalue weighted by molar-refractivity contribution is 0.0933. The van der Waals surface area contributed by atoms with Crippen LogP contribution in [0.25, 0.3) is 0 Å². The van der Waals surface area contributed by atoms with Gasteiger partial charge in [0.2, 0.25) is 0 Å². The molecule has 2 aromatic rings. The van der Waals surface area contributed by atoms with Crippen LogP contribution in [0.5, 0.6) is 0 Å². The molecule has 0 saturated heterocycles. The Labute approximate surface area is 105 Å². The number of ketones is 1. The number of benzene rings is 1. The molecule has 2 rings (SSSR count). The number of aryl methyl sites for hydroxylation is 1. The van der Waals surface area contributed by atoms with E-state index in [0.717, 1.165) is 11.4 Å². The SMILES string of the molecule is Cc1ncn(C(C)C(=O)c2ccc(F)cc2)c1C. The summed E-state index contributed by atoms with van der Waals surface area (Å²) in [4.78, 5) is 16.4.